The summed E-state index contributed by atoms with van der Waals surface area (Å²) in [6.45, 7) is 12.7. The van der Waals surface area contributed by atoms with Crippen molar-refractivity contribution in [3.8, 4) is 5.75 Å². The molecule has 2 heterocycles. The van der Waals surface area contributed by atoms with Crippen molar-refractivity contribution in [1.29, 1.82) is 0 Å². The maximum absolute atomic E-state index is 14.8. The average Bonchev–Trinajstić information content (AvgIpc) is 3.76. The van der Waals surface area contributed by atoms with Crippen molar-refractivity contribution in [3.05, 3.63) is 81.8 Å². The Morgan fingerprint density at radius 1 is 0.952 bits per heavy atom. The fraction of sp³-hybridized carbons (Fsp3) is 0.583. The number of phenols is 1. The summed E-state index contributed by atoms with van der Waals surface area (Å²) in [5, 5.41) is 18.4. The fourth-order valence-corrected chi connectivity index (χ4v) is 8.61. The lowest BCUT2D eigenvalue weighted by Crippen LogP contribution is -2.57. The van der Waals surface area contributed by atoms with E-state index in [9.17, 15) is 29.1 Å². The molecule has 2 aromatic carbocycles. The number of esters is 3. The molecular weight excluding hydrogens is 823 g/mol. The second kappa shape index (κ2) is 26.1. The zero-order valence-electron chi connectivity index (χ0n) is 38.2. The van der Waals surface area contributed by atoms with Crippen LogP contribution in [0.25, 0.3) is 0 Å². The van der Waals surface area contributed by atoms with Crippen LogP contribution < -0.4 is 10.6 Å². The number of likely N-dealkylation sites (N-methyl/N-ethyl adjacent to an activating group) is 1. The van der Waals surface area contributed by atoms with E-state index >= 15 is 0 Å². The van der Waals surface area contributed by atoms with Crippen LogP contribution in [0.1, 0.15) is 132 Å². The molecule has 2 amide bonds. The molecule has 346 valence electrons. The van der Waals surface area contributed by atoms with Gasteiger partial charge in [0.25, 0.3) is 5.91 Å². The number of aromatic hydroxyl groups is 1. The molecule has 1 fully saturated rings. The van der Waals surface area contributed by atoms with E-state index in [0.29, 0.717) is 30.4 Å². The Morgan fingerprint density at radius 2 is 1.67 bits per heavy atom. The summed E-state index contributed by atoms with van der Waals surface area (Å²) in [5.74, 6) is -2.13. The number of piperidine rings is 1. The van der Waals surface area contributed by atoms with Gasteiger partial charge in [0.05, 0.1) is 6.04 Å². The summed E-state index contributed by atoms with van der Waals surface area (Å²) in [6.07, 6.45) is 4.79. The molecule has 0 spiro atoms. The summed E-state index contributed by atoms with van der Waals surface area (Å²) in [6, 6.07) is 14.7. The van der Waals surface area contributed by atoms with Gasteiger partial charge in [-0.3, -0.25) is 24.0 Å². The number of phenolic OH excluding ortho intramolecular Hbond substituents is 1. The van der Waals surface area contributed by atoms with E-state index in [1.54, 1.807) is 34.5 Å². The van der Waals surface area contributed by atoms with Crippen LogP contribution in [0.15, 0.2) is 60.0 Å². The monoisotopic (exact) mass is 891 g/mol. The van der Waals surface area contributed by atoms with Gasteiger partial charge >= 0.3 is 17.9 Å². The molecular formula is C48H69N5O9S. The Bertz CT molecular complexity index is 1890. The highest BCUT2D eigenvalue weighted by Crippen LogP contribution is 2.32. The zero-order chi connectivity index (χ0) is 45.9. The van der Waals surface area contributed by atoms with Crippen molar-refractivity contribution in [2.75, 3.05) is 26.9 Å². The van der Waals surface area contributed by atoms with E-state index in [1.807, 2.05) is 58.0 Å². The smallest absolute Gasteiger partial charge is 0.307 e. The van der Waals surface area contributed by atoms with E-state index < -0.39 is 48.0 Å². The number of nitrogens with one attached hydrogen (secondary N) is 2. The minimum Gasteiger partial charge on any atom is -0.508 e. The molecule has 1 aliphatic rings. The van der Waals surface area contributed by atoms with Gasteiger partial charge < -0.3 is 39.8 Å². The van der Waals surface area contributed by atoms with E-state index in [-0.39, 0.29) is 68.2 Å². The van der Waals surface area contributed by atoms with Crippen molar-refractivity contribution in [1.82, 2.24) is 25.4 Å². The molecule has 1 aliphatic heterocycles. The maximum atomic E-state index is 14.8. The van der Waals surface area contributed by atoms with Gasteiger partial charge in [0.2, 0.25) is 5.91 Å². The molecule has 0 bridgehead atoms. The summed E-state index contributed by atoms with van der Waals surface area (Å²) in [7, 11) is 2.12. The van der Waals surface area contributed by atoms with Gasteiger partial charge in [-0.25, -0.2) is 4.98 Å². The van der Waals surface area contributed by atoms with Crippen LogP contribution >= 0.6 is 11.3 Å². The van der Waals surface area contributed by atoms with Crippen LogP contribution in [0.2, 0.25) is 0 Å². The second-order valence-electron chi connectivity index (χ2n) is 17.0. The van der Waals surface area contributed by atoms with E-state index in [2.05, 4.69) is 34.5 Å². The molecule has 63 heavy (non-hydrogen) atoms. The lowest BCUT2D eigenvalue weighted by atomic mass is 9.92. The van der Waals surface area contributed by atoms with Crippen molar-refractivity contribution in [3.63, 3.8) is 0 Å². The van der Waals surface area contributed by atoms with Gasteiger partial charge in [-0.15, -0.1) is 11.3 Å². The van der Waals surface area contributed by atoms with Crippen LogP contribution in [0.3, 0.4) is 0 Å². The summed E-state index contributed by atoms with van der Waals surface area (Å²) >= 11 is 1.16. The molecule has 0 radical (unpaired) electrons. The Labute approximate surface area is 377 Å². The summed E-state index contributed by atoms with van der Waals surface area (Å²) in [4.78, 5) is 75.5. The van der Waals surface area contributed by atoms with Gasteiger partial charge in [-0.05, 0) is 80.8 Å². The SMILES string of the molecule is CCCC(=O)OCN(C(=O)C(NCC1CCCCN1C)C(C)CC)C(CC(OC(C)=O)c1nc(C(=O)NC(CCC(=O)OCc2ccccc2)Cc2ccc(O)cc2)cs1)C(C)C. The van der Waals surface area contributed by atoms with Crippen molar-refractivity contribution >= 4 is 41.1 Å². The van der Waals surface area contributed by atoms with Gasteiger partial charge in [-0.1, -0.05) is 89.9 Å². The zero-order valence-corrected chi connectivity index (χ0v) is 39.0. The number of ether oxygens (including phenoxy) is 3. The summed E-state index contributed by atoms with van der Waals surface area (Å²) < 4.78 is 17.1. The predicted molar refractivity (Wildman–Crippen MR) is 243 cm³/mol. The van der Waals surface area contributed by atoms with E-state index in [0.717, 1.165) is 54.7 Å². The molecule has 3 aromatic rings. The van der Waals surface area contributed by atoms with E-state index in [1.165, 1.54) is 6.92 Å². The first-order valence-electron chi connectivity index (χ1n) is 22.5. The highest BCUT2D eigenvalue weighted by molar-refractivity contribution is 7.09. The number of hydrogen-bond donors (Lipinski definition) is 3. The molecule has 14 nitrogen and oxygen atoms in total. The first-order valence-corrected chi connectivity index (χ1v) is 23.4. The summed E-state index contributed by atoms with van der Waals surface area (Å²) in [5.41, 5.74) is 1.81. The number of rotatable bonds is 25. The minimum absolute atomic E-state index is 0.0323. The average molecular weight is 892 g/mol. The molecule has 6 atom stereocenters. The van der Waals surface area contributed by atoms with Crippen LogP contribution in [-0.2, 0) is 46.4 Å². The van der Waals surface area contributed by atoms with Gasteiger partial charge in [0.1, 0.15) is 23.1 Å². The first-order chi connectivity index (χ1) is 30.2. The number of hydrogen-bond acceptors (Lipinski definition) is 13. The molecule has 0 saturated carbocycles. The second-order valence-corrected chi connectivity index (χ2v) is 17.9. The Balaban J connectivity index is 1.56. The Morgan fingerprint density at radius 3 is 2.32 bits per heavy atom. The van der Waals surface area contributed by atoms with Crippen LogP contribution in [0.5, 0.6) is 5.75 Å². The predicted octanol–water partition coefficient (Wildman–Crippen LogP) is 7.35. The lowest BCUT2D eigenvalue weighted by Gasteiger charge is -2.40. The van der Waals surface area contributed by atoms with Crippen molar-refractivity contribution in [2.24, 2.45) is 11.8 Å². The molecule has 15 heteroatoms. The van der Waals surface area contributed by atoms with E-state index in [4.69, 9.17) is 14.2 Å². The third kappa shape index (κ3) is 16.7. The van der Waals surface area contributed by atoms with Crippen LogP contribution in [-0.4, -0.2) is 101 Å². The van der Waals surface area contributed by atoms with Crippen molar-refractivity contribution in [2.45, 2.75) is 143 Å². The number of carbonyl (C=O) groups is 5. The molecule has 1 saturated heterocycles. The third-order valence-corrected chi connectivity index (χ3v) is 12.7. The standard InChI is InChI=1S/C48H69N5O9S/c1-8-15-43(56)61-31-53(48(59)45(33(5)9-2)49-28-38-18-13-14-25-52(38)7)41(32(3)4)27-42(62-34(6)54)47-51-40(30-63-47)46(58)50-37(26-35-19-22-39(55)23-20-35)21-24-44(57)60-29-36-16-11-10-12-17-36/h10-12,16-17,19-20,22-23,30,32-33,37-38,41-42,45,49,55H,8-9,13-15,18,21,24-29,31H2,1-7H3,(H,50,58). The Hall–Kier alpha value is -4.86. The Kier molecular flexibility index (Phi) is 21.0. The molecule has 0 aliphatic carbocycles. The molecule has 6 unspecified atom stereocenters. The van der Waals surface area contributed by atoms with Crippen LogP contribution in [0.4, 0.5) is 0 Å². The normalized spacial score (nSPS) is 16.6. The molecule has 3 N–H and O–H groups in total. The largest absolute Gasteiger partial charge is 0.508 e. The highest BCUT2D eigenvalue weighted by Gasteiger charge is 2.38. The number of aromatic nitrogens is 1. The first kappa shape index (κ1) is 50.8. The number of carbonyl (C=O) groups excluding carboxylic acids is 5. The number of benzene rings is 2. The van der Waals surface area contributed by atoms with Crippen molar-refractivity contribution < 1.29 is 43.3 Å². The third-order valence-electron chi connectivity index (χ3n) is 11.7. The highest BCUT2D eigenvalue weighted by atomic mass is 32.1. The van der Waals surface area contributed by atoms with Crippen LogP contribution in [0, 0.1) is 11.8 Å². The number of nitrogens with zero attached hydrogens (tertiary/aromatic N) is 3. The molecule has 1 aromatic heterocycles. The topological polar surface area (TPSA) is 177 Å². The number of thiazole rings is 1. The quantitative estimate of drug-likeness (QED) is 0.0439. The lowest BCUT2D eigenvalue weighted by molar-refractivity contribution is -0.159. The number of amides is 2. The van der Waals surface area contributed by atoms with Gasteiger partial charge in [0.15, 0.2) is 12.8 Å². The number of likely N-dealkylation sites (tertiary alicyclic amines) is 1. The fourth-order valence-electron chi connectivity index (χ4n) is 7.77. The van der Waals surface area contributed by atoms with Gasteiger partial charge in [0, 0.05) is 56.2 Å². The molecule has 4 rings (SSSR count). The maximum Gasteiger partial charge on any atom is 0.307 e. The van der Waals surface area contributed by atoms with Gasteiger partial charge in [-0.2, -0.15) is 0 Å². The minimum atomic E-state index is -0.929.